The molecule has 1 heterocycles. The minimum atomic E-state index is -3.70. The van der Waals surface area contributed by atoms with E-state index in [1.807, 2.05) is 0 Å². The summed E-state index contributed by atoms with van der Waals surface area (Å²) in [5.74, 6) is 2.60. The molecule has 6 heteroatoms. The lowest BCUT2D eigenvalue weighted by molar-refractivity contribution is 0.390. The normalized spacial score (nSPS) is 12.4. The number of nitrogens with zero attached hydrogens (tertiary/aromatic N) is 1. The zero-order chi connectivity index (χ0) is 12.6. The van der Waals surface area contributed by atoms with Crippen molar-refractivity contribution < 1.29 is 12.9 Å². The van der Waals surface area contributed by atoms with Crippen LogP contribution >= 0.6 is 0 Å². The van der Waals surface area contributed by atoms with Gasteiger partial charge in [0.1, 0.15) is 10.6 Å². The molecule has 1 aromatic rings. The van der Waals surface area contributed by atoms with Gasteiger partial charge in [-0.05, 0) is 27.7 Å². The standard InChI is InChI=1S/C10H14N2O3S/c1-6-10(4,5)12-16(13,14)9-7(2)11-15-8(9)3/h1,12H,2-5H3. The first-order chi connectivity index (χ1) is 7.19. The van der Waals surface area contributed by atoms with E-state index in [4.69, 9.17) is 10.9 Å². The van der Waals surface area contributed by atoms with E-state index in [1.54, 1.807) is 20.8 Å². The lowest BCUT2D eigenvalue weighted by Gasteiger charge is -2.19. The zero-order valence-electron chi connectivity index (χ0n) is 9.66. The lowest BCUT2D eigenvalue weighted by atomic mass is 10.1. The Morgan fingerprint density at radius 3 is 2.38 bits per heavy atom. The fourth-order valence-corrected chi connectivity index (χ4v) is 2.95. The Hall–Kier alpha value is -1.32. The highest BCUT2D eigenvalue weighted by Gasteiger charge is 2.29. The smallest absolute Gasteiger partial charge is 0.247 e. The van der Waals surface area contributed by atoms with E-state index in [1.165, 1.54) is 6.92 Å². The molecule has 0 atom stereocenters. The third-order valence-electron chi connectivity index (χ3n) is 1.99. The van der Waals surface area contributed by atoms with Crippen LogP contribution in [0.2, 0.25) is 0 Å². The molecule has 0 fully saturated rings. The monoisotopic (exact) mass is 242 g/mol. The predicted molar refractivity (Wildman–Crippen MR) is 59.2 cm³/mol. The minimum Gasteiger partial charge on any atom is -0.360 e. The van der Waals surface area contributed by atoms with Crippen molar-refractivity contribution in [3.05, 3.63) is 11.5 Å². The molecule has 0 radical (unpaired) electrons. The summed E-state index contributed by atoms with van der Waals surface area (Å²) in [5.41, 5.74) is -0.632. The first-order valence-electron chi connectivity index (χ1n) is 4.64. The third kappa shape index (κ3) is 2.43. The van der Waals surface area contributed by atoms with Crippen LogP contribution in [-0.2, 0) is 10.0 Å². The number of terminal acetylenes is 1. The number of aryl methyl sites for hydroxylation is 2. The van der Waals surface area contributed by atoms with Crippen molar-refractivity contribution >= 4 is 10.0 Å². The molecule has 88 valence electrons. The summed E-state index contributed by atoms with van der Waals surface area (Å²) < 4.78 is 31.2. The van der Waals surface area contributed by atoms with E-state index in [0.717, 1.165) is 0 Å². The van der Waals surface area contributed by atoms with Crippen LogP contribution in [-0.4, -0.2) is 19.1 Å². The Bertz CT molecular complexity index is 515. The second-order valence-electron chi connectivity index (χ2n) is 4.03. The van der Waals surface area contributed by atoms with Gasteiger partial charge in [0.2, 0.25) is 10.0 Å². The molecule has 0 aliphatic rings. The molecule has 0 aliphatic heterocycles. The Morgan fingerprint density at radius 2 is 2.00 bits per heavy atom. The van der Waals surface area contributed by atoms with Gasteiger partial charge in [-0.2, -0.15) is 4.72 Å². The van der Waals surface area contributed by atoms with Crippen molar-refractivity contribution in [1.82, 2.24) is 9.88 Å². The lowest BCUT2D eigenvalue weighted by Crippen LogP contribution is -2.42. The number of hydrogen-bond acceptors (Lipinski definition) is 4. The van der Waals surface area contributed by atoms with Gasteiger partial charge in [-0.25, -0.2) is 8.42 Å². The van der Waals surface area contributed by atoms with Crippen LogP contribution in [0.3, 0.4) is 0 Å². The SMILES string of the molecule is C#CC(C)(C)NS(=O)(=O)c1c(C)noc1C. The first kappa shape index (κ1) is 12.7. The summed E-state index contributed by atoms with van der Waals surface area (Å²) in [6.45, 7) is 6.30. The number of rotatable bonds is 3. The maximum atomic E-state index is 12.0. The number of aromatic nitrogens is 1. The van der Waals surface area contributed by atoms with Gasteiger partial charge in [0.25, 0.3) is 0 Å². The molecule has 1 N–H and O–H groups in total. The van der Waals surface area contributed by atoms with Crippen molar-refractivity contribution in [1.29, 1.82) is 0 Å². The van der Waals surface area contributed by atoms with Gasteiger partial charge in [-0.1, -0.05) is 11.1 Å². The molecule has 0 unspecified atom stereocenters. The second kappa shape index (κ2) is 3.92. The van der Waals surface area contributed by atoms with Crippen LogP contribution in [0.1, 0.15) is 25.3 Å². The quantitative estimate of drug-likeness (QED) is 0.802. The van der Waals surface area contributed by atoms with Crippen molar-refractivity contribution in [2.75, 3.05) is 0 Å². The van der Waals surface area contributed by atoms with Crippen LogP contribution in [0.15, 0.2) is 9.42 Å². The molecule has 0 saturated heterocycles. The molecule has 0 aliphatic carbocycles. The minimum absolute atomic E-state index is 0.0517. The highest BCUT2D eigenvalue weighted by Crippen LogP contribution is 2.20. The van der Waals surface area contributed by atoms with E-state index in [2.05, 4.69) is 15.8 Å². The van der Waals surface area contributed by atoms with E-state index < -0.39 is 15.6 Å². The summed E-state index contributed by atoms with van der Waals surface area (Å²) >= 11 is 0. The van der Waals surface area contributed by atoms with Crippen molar-refractivity contribution in [2.24, 2.45) is 0 Å². The van der Waals surface area contributed by atoms with Gasteiger partial charge in [0.15, 0.2) is 5.76 Å². The Kier molecular flexibility index (Phi) is 3.13. The van der Waals surface area contributed by atoms with Crippen molar-refractivity contribution in [3.8, 4) is 12.3 Å². The average molecular weight is 242 g/mol. The Morgan fingerprint density at radius 1 is 1.44 bits per heavy atom. The molecule has 16 heavy (non-hydrogen) atoms. The molecular formula is C10H14N2O3S. The maximum absolute atomic E-state index is 12.0. The van der Waals surface area contributed by atoms with Gasteiger partial charge < -0.3 is 4.52 Å². The van der Waals surface area contributed by atoms with Crippen LogP contribution in [0, 0.1) is 26.2 Å². The van der Waals surface area contributed by atoms with Gasteiger partial charge >= 0.3 is 0 Å². The molecular weight excluding hydrogens is 228 g/mol. The number of sulfonamides is 1. The van der Waals surface area contributed by atoms with E-state index in [-0.39, 0.29) is 10.7 Å². The fraction of sp³-hybridized carbons (Fsp3) is 0.500. The largest absolute Gasteiger partial charge is 0.360 e. The third-order valence-corrected chi connectivity index (χ3v) is 3.89. The van der Waals surface area contributed by atoms with E-state index in [9.17, 15) is 8.42 Å². The molecule has 0 spiro atoms. The van der Waals surface area contributed by atoms with Crippen LogP contribution in [0.5, 0.6) is 0 Å². The molecule has 0 bridgehead atoms. The average Bonchev–Trinajstić information content (AvgIpc) is 2.44. The van der Waals surface area contributed by atoms with Crippen molar-refractivity contribution in [3.63, 3.8) is 0 Å². The highest BCUT2D eigenvalue weighted by molar-refractivity contribution is 7.89. The highest BCUT2D eigenvalue weighted by atomic mass is 32.2. The van der Waals surface area contributed by atoms with E-state index in [0.29, 0.717) is 5.69 Å². The van der Waals surface area contributed by atoms with Gasteiger partial charge in [0.05, 0.1) is 5.54 Å². The molecule has 0 aromatic carbocycles. The summed E-state index contributed by atoms with van der Waals surface area (Å²) in [4.78, 5) is 0.0517. The van der Waals surface area contributed by atoms with Crippen LogP contribution in [0.25, 0.3) is 0 Å². The van der Waals surface area contributed by atoms with E-state index >= 15 is 0 Å². The summed E-state index contributed by atoms with van der Waals surface area (Å²) in [7, 11) is -3.70. The number of nitrogens with one attached hydrogen (secondary N) is 1. The first-order valence-corrected chi connectivity index (χ1v) is 6.12. The van der Waals surface area contributed by atoms with Crippen molar-refractivity contribution in [2.45, 2.75) is 38.1 Å². The van der Waals surface area contributed by atoms with Crippen LogP contribution < -0.4 is 4.72 Å². The maximum Gasteiger partial charge on any atom is 0.247 e. The summed E-state index contributed by atoms with van der Waals surface area (Å²) in [5, 5.41) is 3.59. The molecule has 1 aromatic heterocycles. The van der Waals surface area contributed by atoms with Crippen LogP contribution in [0.4, 0.5) is 0 Å². The van der Waals surface area contributed by atoms with Gasteiger partial charge in [0, 0.05) is 0 Å². The van der Waals surface area contributed by atoms with Gasteiger partial charge in [-0.3, -0.25) is 0 Å². The molecule has 0 amide bonds. The molecule has 1 rings (SSSR count). The second-order valence-corrected chi connectivity index (χ2v) is 5.65. The van der Waals surface area contributed by atoms with Gasteiger partial charge in [-0.15, -0.1) is 6.42 Å². The fourth-order valence-electron chi connectivity index (χ4n) is 1.27. The summed E-state index contributed by atoms with van der Waals surface area (Å²) in [6.07, 6.45) is 5.23. The molecule has 0 saturated carbocycles. The topological polar surface area (TPSA) is 72.2 Å². The zero-order valence-corrected chi connectivity index (χ0v) is 10.5. The Labute approximate surface area is 95.3 Å². The molecule has 5 nitrogen and oxygen atoms in total. The number of hydrogen-bond donors (Lipinski definition) is 1. The predicted octanol–water partition coefficient (Wildman–Crippen LogP) is 0.982. The summed E-state index contributed by atoms with van der Waals surface area (Å²) in [6, 6.07) is 0. The Balaban J connectivity index is 3.20.